The Balaban J connectivity index is 1.59. The quantitative estimate of drug-likeness (QED) is 0.811. The van der Waals surface area contributed by atoms with Crippen LogP contribution in [0.3, 0.4) is 0 Å². The Morgan fingerprint density at radius 2 is 2.10 bits per heavy atom. The molecule has 0 saturated heterocycles. The minimum Gasteiger partial charge on any atom is -0.389 e. The van der Waals surface area contributed by atoms with Gasteiger partial charge in [-0.2, -0.15) is 0 Å². The summed E-state index contributed by atoms with van der Waals surface area (Å²) in [5.74, 6) is 0.754. The van der Waals surface area contributed by atoms with E-state index in [0.29, 0.717) is 19.3 Å². The predicted molar refractivity (Wildman–Crippen MR) is 86.5 cm³/mol. The van der Waals surface area contributed by atoms with Gasteiger partial charge in [0.15, 0.2) is 0 Å². The summed E-state index contributed by atoms with van der Waals surface area (Å²) in [5, 5.41) is 13.9. The molecule has 1 aliphatic rings. The highest BCUT2D eigenvalue weighted by molar-refractivity contribution is 6.30. The normalized spacial score (nSPS) is 24.0. The highest BCUT2D eigenvalue weighted by Gasteiger charge is 2.20. The van der Waals surface area contributed by atoms with Crippen LogP contribution in [0, 0.1) is 5.92 Å². The van der Waals surface area contributed by atoms with Crippen LogP contribution in [0.4, 0.5) is 0 Å². The molecule has 0 aliphatic heterocycles. The summed E-state index contributed by atoms with van der Waals surface area (Å²) in [5.41, 5.74) is 1.16. The maximum absolute atomic E-state index is 9.96. The number of nitrogens with one attached hydrogen (secondary N) is 1. The lowest BCUT2D eigenvalue weighted by molar-refractivity contribution is -0.0306. The van der Waals surface area contributed by atoms with Crippen molar-refractivity contribution in [3.63, 3.8) is 0 Å². The Hall–Kier alpha value is -0.610. The van der Waals surface area contributed by atoms with Gasteiger partial charge in [0.1, 0.15) is 0 Å². The van der Waals surface area contributed by atoms with Crippen LogP contribution in [0.5, 0.6) is 0 Å². The van der Waals surface area contributed by atoms with Gasteiger partial charge in [0, 0.05) is 18.1 Å². The van der Waals surface area contributed by atoms with E-state index >= 15 is 0 Å². The van der Waals surface area contributed by atoms with Gasteiger partial charge in [0.2, 0.25) is 0 Å². The third kappa shape index (κ3) is 6.35. The van der Waals surface area contributed by atoms with Crippen LogP contribution < -0.4 is 5.32 Å². The summed E-state index contributed by atoms with van der Waals surface area (Å²) >= 11 is 5.84. The number of hydrogen-bond donors (Lipinski definition) is 2. The Labute approximate surface area is 132 Å². The van der Waals surface area contributed by atoms with Gasteiger partial charge < -0.3 is 15.2 Å². The van der Waals surface area contributed by atoms with Crippen molar-refractivity contribution in [1.29, 1.82) is 0 Å². The minimum atomic E-state index is -0.450. The monoisotopic (exact) mass is 311 g/mol. The van der Waals surface area contributed by atoms with Crippen molar-refractivity contribution in [2.45, 2.75) is 51.4 Å². The fraction of sp³-hybridized carbons (Fsp3) is 0.647. The molecule has 1 aliphatic carbocycles. The molecule has 118 valence electrons. The zero-order valence-corrected chi connectivity index (χ0v) is 13.5. The van der Waals surface area contributed by atoms with Crippen LogP contribution in [0.2, 0.25) is 5.02 Å². The molecule has 0 amide bonds. The zero-order valence-electron chi connectivity index (χ0n) is 12.7. The van der Waals surface area contributed by atoms with E-state index in [4.69, 9.17) is 16.3 Å². The first-order chi connectivity index (χ1) is 10.1. The van der Waals surface area contributed by atoms with E-state index in [1.807, 2.05) is 24.3 Å². The Morgan fingerprint density at radius 1 is 1.33 bits per heavy atom. The molecule has 3 unspecified atom stereocenters. The van der Waals surface area contributed by atoms with Crippen LogP contribution in [0.15, 0.2) is 24.3 Å². The van der Waals surface area contributed by atoms with Gasteiger partial charge >= 0.3 is 0 Å². The number of hydrogen-bond acceptors (Lipinski definition) is 3. The van der Waals surface area contributed by atoms with Crippen molar-refractivity contribution in [3.8, 4) is 0 Å². The Morgan fingerprint density at radius 3 is 2.81 bits per heavy atom. The zero-order chi connectivity index (χ0) is 15.1. The lowest BCUT2D eigenvalue weighted by atomic mass is 9.89. The molecule has 1 aromatic rings. The van der Waals surface area contributed by atoms with Gasteiger partial charge in [0.05, 0.1) is 18.8 Å². The number of benzene rings is 1. The molecule has 1 aromatic carbocycles. The van der Waals surface area contributed by atoms with E-state index in [-0.39, 0.29) is 0 Å². The lowest BCUT2D eigenvalue weighted by Gasteiger charge is -2.27. The molecule has 0 bridgehead atoms. The fourth-order valence-electron chi connectivity index (χ4n) is 2.82. The average molecular weight is 312 g/mol. The molecule has 0 spiro atoms. The third-order valence-electron chi connectivity index (χ3n) is 4.03. The molecule has 3 atom stereocenters. The molecule has 21 heavy (non-hydrogen) atoms. The van der Waals surface area contributed by atoms with Gasteiger partial charge in [0.25, 0.3) is 0 Å². The molecule has 2 rings (SSSR count). The maximum Gasteiger partial charge on any atom is 0.0897 e. The molecule has 3 nitrogen and oxygen atoms in total. The first kappa shape index (κ1) is 16.8. The van der Waals surface area contributed by atoms with Crippen molar-refractivity contribution in [3.05, 3.63) is 34.9 Å². The van der Waals surface area contributed by atoms with Gasteiger partial charge in [-0.3, -0.25) is 0 Å². The van der Waals surface area contributed by atoms with Gasteiger partial charge in [-0.25, -0.2) is 0 Å². The molecule has 2 N–H and O–H groups in total. The lowest BCUT2D eigenvalue weighted by Crippen LogP contribution is -2.33. The Kier molecular flexibility index (Phi) is 6.97. The van der Waals surface area contributed by atoms with Crippen molar-refractivity contribution in [1.82, 2.24) is 5.32 Å². The minimum absolute atomic E-state index is 0.333. The number of halogens is 1. The summed E-state index contributed by atoms with van der Waals surface area (Å²) in [4.78, 5) is 0. The summed E-state index contributed by atoms with van der Waals surface area (Å²) in [7, 11) is 0. The number of rotatable bonds is 7. The van der Waals surface area contributed by atoms with Crippen LogP contribution >= 0.6 is 11.6 Å². The van der Waals surface area contributed by atoms with Crippen LogP contribution in [-0.4, -0.2) is 30.5 Å². The van der Waals surface area contributed by atoms with Gasteiger partial charge in [-0.05, 0) is 36.5 Å². The molecule has 0 aromatic heterocycles. The van der Waals surface area contributed by atoms with Crippen molar-refractivity contribution >= 4 is 11.6 Å². The summed E-state index contributed by atoms with van der Waals surface area (Å²) in [6.45, 7) is 3.98. The van der Waals surface area contributed by atoms with Gasteiger partial charge in [-0.15, -0.1) is 0 Å². The largest absolute Gasteiger partial charge is 0.389 e. The molecule has 4 heteroatoms. The molecule has 0 radical (unpaired) electrons. The molecule has 1 fully saturated rings. The van der Waals surface area contributed by atoms with E-state index in [1.54, 1.807) is 0 Å². The average Bonchev–Trinajstić information content (AvgIpc) is 2.47. The van der Waals surface area contributed by atoms with Crippen molar-refractivity contribution in [2.24, 2.45) is 5.92 Å². The van der Waals surface area contributed by atoms with Crippen LogP contribution in [0.1, 0.15) is 38.2 Å². The van der Waals surface area contributed by atoms with Crippen molar-refractivity contribution < 1.29 is 9.84 Å². The summed E-state index contributed by atoms with van der Waals surface area (Å²) in [6, 6.07) is 7.73. The van der Waals surface area contributed by atoms with Crippen LogP contribution in [-0.2, 0) is 11.3 Å². The molecular weight excluding hydrogens is 286 g/mol. The van der Waals surface area contributed by atoms with E-state index in [1.165, 1.54) is 12.8 Å². The molecular formula is C17H26ClNO2. The van der Waals surface area contributed by atoms with E-state index < -0.39 is 6.10 Å². The second-order valence-electron chi connectivity index (χ2n) is 6.14. The second-order valence-corrected chi connectivity index (χ2v) is 6.57. The number of ether oxygens (including phenoxy) is 1. The first-order valence-electron chi connectivity index (χ1n) is 7.88. The highest BCUT2D eigenvalue weighted by atomic mass is 35.5. The molecule has 0 heterocycles. The third-order valence-corrected chi connectivity index (χ3v) is 4.29. The SMILES string of the molecule is CC1CCCC(OCC(O)CNCc2ccc(Cl)cc2)C1. The summed E-state index contributed by atoms with van der Waals surface area (Å²) in [6.07, 6.45) is 4.70. The van der Waals surface area contributed by atoms with Gasteiger partial charge in [-0.1, -0.05) is 43.5 Å². The molecule has 1 saturated carbocycles. The maximum atomic E-state index is 9.96. The topological polar surface area (TPSA) is 41.5 Å². The fourth-order valence-corrected chi connectivity index (χ4v) is 2.95. The Bertz CT molecular complexity index is 410. The van der Waals surface area contributed by atoms with E-state index in [0.717, 1.165) is 35.9 Å². The van der Waals surface area contributed by atoms with E-state index in [9.17, 15) is 5.11 Å². The number of aliphatic hydroxyl groups is 1. The van der Waals surface area contributed by atoms with Crippen LogP contribution in [0.25, 0.3) is 0 Å². The van der Waals surface area contributed by atoms with Crippen molar-refractivity contribution in [2.75, 3.05) is 13.2 Å². The highest BCUT2D eigenvalue weighted by Crippen LogP contribution is 2.25. The number of aliphatic hydroxyl groups excluding tert-OH is 1. The van der Waals surface area contributed by atoms with E-state index in [2.05, 4.69) is 12.2 Å². The smallest absolute Gasteiger partial charge is 0.0897 e. The standard InChI is InChI=1S/C17H26ClNO2/c1-13-3-2-4-17(9-13)21-12-16(20)11-19-10-14-5-7-15(18)8-6-14/h5-8,13,16-17,19-20H,2-4,9-12H2,1H3. The predicted octanol–water partition coefficient (Wildman–Crippen LogP) is 3.39. The summed E-state index contributed by atoms with van der Waals surface area (Å²) < 4.78 is 5.83. The second kappa shape index (κ2) is 8.74. The first-order valence-corrected chi connectivity index (χ1v) is 8.26.